The average Bonchev–Trinajstić information content (AvgIpc) is 2.54. The Kier molecular flexibility index (Phi) is 2.26. The fourth-order valence-electron chi connectivity index (χ4n) is 1.84. The van der Waals surface area contributed by atoms with Crippen molar-refractivity contribution in [2.24, 2.45) is 0 Å². The summed E-state index contributed by atoms with van der Waals surface area (Å²) >= 11 is 5.73. The number of halogens is 1. The normalized spacial score (nSPS) is 27.8. The smallest absolute Gasteiger partial charge is 0.129 e. The van der Waals surface area contributed by atoms with Crippen LogP contribution in [0.3, 0.4) is 0 Å². The van der Waals surface area contributed by atoms with Crippen LogP contribution in [0.5, 0.6) is 0 Å². The lowest BCUT2D eigenvalue weighted by Gasteiger charge is -2.24. The first-order valence-electron chi connectivity index (χ1n) is 4.58. The summed E-state index contributed by atoms with van der Waals surface area (Å²) in [6, 6.07) is 3.90. The second-order valence-electron chi connectivity index (χ2n) is 3.73. The van der Waals surface area contributed by atoms with Crippen LogP contribution >= 0.6 is 11.6 Å². The van der Waals surface area contributed by atoms with Gasteiger partial charge in [-0.15, -0.1) is 0 Å². The van der Waals surface area contributed by atoms with Gasteiger partial charge in [-0.3, -0.25) is 0 Å². The number of hydrogen-bond acceptors (Lipinski definition) is 2. The predicted molar refractivity (Wildman–Crippen MR) is 53.8 cm³/mol. The molecular formula is C10H13ClN2. The molecule has 1 fully saturated rings. The van der Waals surface area contributed by atoms with Crippen molar-refractivity contribution >= 4 is 11.6 Å². The summed E-state index contributed by atoms with van der Waals surface area (Å²) in [5, 5.41) is 4.05. The first kappa shape index (κ1) is 8.97. The molecule has 1 atom stereocenters. The van der Waals surface area contributed by atoms with Gasteiger partial charge in [0.2, 0.25) is 0 Å². The summed E-state index contributed by atoms with van der Waals surface area (Å²) in [7, 11) is 0. The molecule has 1 saturated heterocycles. The van der Waals surface area contributed by atoms with Crippen LogP contribution in [0.25, 0.3) is 0 Å². The van der Waals surface area contributed by atoms with E-state index in [0.29, 0.717) is 5.15 Å². The van der Waals surface area contributed by atoms with Crippen LogP contribution in [0.1, 0.15) is 25.3 Å². The van der Waals surface area contributed by atoms with Crippen LogP contribution in [0, 0.1) is 0 Å². The molecule has 1 aromatic heterocycles. The first-order chi connectivity index (χ1) is 6.21. The van der Waals surface area contributed by atoms with Crippen LogP contribution in [0.2, 0.25) is 5.15 Å². The van der Waals surface area contributed by atoms with Crippen LogP contribution in [-0.4, -0.2) is 11.5 Å². The molecule has 2 nitrogen and oxygen atoms in total. The van der Waals surface area contributed by atoms with Gasteiger partial charge in [0, 0.05) is 11.7 Å². The number of aromatic nitrogens is 1. The minimum absolute atomic E-state index is 0.109. The maximum Gasteiger partial charge on any atom is 0.129 e. The molecule has 70 valence electrons. The summed E-state index contributed by atoms with van der Waals surface area (Å²) in [6.07, 6.45) is 4.27. The van der Waals surface area contributed by atoms with Crippen molar-refractivity contribution in [2.75, 3.05) is 6.54 Å². The molecule has 0 radical (unpaired) electrons. The zero-order chi connectivity index (χ0) is 9.31. The van der Waals surface area contributed by atoms with Crippen molar-refractivity contribution in [3.63, 3.8) is 0 Å². The second kappa shape index (κ2) is 3.28. The van der Waals surface area contributed by atoms with Crippen LogP contribution in [-0.2, 0) is 5.54 Å². The maximum atomic E-state index is 5.73. The van der Waals surface area contributed by atoms with E-state index in [1.54, 1.807) is 0 Å². The zero-order valence-corrected chi connectivity index (χ0v) is 8.43. The summed E-state index contributed by atoms with van der Waals surface area (Å²) in [4.78, 5) is 4.09. The number of rotatable bonds is 1. The Morgan fingerprint density at radius 2 is 2.38 bits per heavy atom. The lowest BCUT2D eigenvalue weighted by atomic mass is 9.92. The Labute approximate surface area is 83.3 Å². The maximum absolute atomic E-state index is 5.73. The Morgan fingerprint density at radius 3 is 2.92 bits per heavy atom. The number of nitrogens with zero attached hydrogens (tertiary/aromatic N) is 1. The highest BCUT2D eigenvalue weighted by molar-refractivity contribution is 6.29. The first-order valence-corrected chi connectivity index (χ1v) is 4.96. The second-order valence-corrected chi connectivity index (χ2v) is 4.12. The molecule has 13 heavy (non-hydrogen) atoms. The van der Waals surface area contributed by atoms with E-state index in [1.165, 1.54) is 18.4 Å². The molecule has 1 aliphatic heterocycles. The van der Waals surface area contributed by atoms with Gasteiger partial charge in [-0.25, -0.2) is 4.98 Å². The minimum atomic E-state index is 0.109. The quantitative estimate of drug-likeness (QED) is 0.698. The Hall–Kier alpha value is -0.600. The molecule has 0 saturated carbocycles. The molecule has 2 rings (SSSR count). The van der Waals surface area contributed by atoms with Crippen molar-refractivity contribution in [3.05, 3.63) is 29.0 Å². The highest BCUT2D eigenvalue weighted by atomic mass is 35.5. The molecule has 0 spiro atoms. The van der Waals surface area contributed by atoms with Gasteiger partial charge in [-0.05, 0) is 37.9 Å². The van der Waals surface area contributed by atoms with Gasteiger partial charge in [-0.1, -0.05) is 17.7 Å². The van der Waals surface area contributed by atoms with Gasteiger partial charge >= 0.3 is 0 Å². The molecule has 2 heterocycles. The van der Waals surface area contributed by atoms with E-state index in [9.17, 15) is 0 Å². The third kappa shape index (κ3) is 1.69. The third-order valence-electron chi connectivity index (χ3n) is 2.73. The molecule has 3 heteroatoms. The van der Waals surface area contributed by atoms with Crippen molar-refractivity contribution in [2.45, 2.75) is 25.3 Å². The van der Waals surface area contributed by atoms with Gasteiger partial charge in [0.15, 0.2) is 0 Å². The van der Waals surface area contributed by atoms with E-state index >= 15 is 0 Å². The largest absolute Gasteiger partial charge is 0.308 e. The molecule has 1 aromatic rings. The van der Waals surface area contributed by atoms with E-state index in [1.807, 2.05) is 18.3 Å². The molecule has 0 aliphatic carbocycles. The fraction of sp³-hybridized carbons (Fsp3) is 0.500. The van der Waals surface area contributed by atoms with Gasteiger partial charge in [-0.2, -0.15) is 0 Å². The van der Waals surface area contributed by atoms with Gasteiger partial charge < -0.3 is 5.32 Å². The highest BCUT2D eigenvalue weighted by Gasteiger charge is 2.29. The molecule has 1 aliphatic rings. The van der Waals surface area contributed by atoms with E-state index in [0.717, 1.165) is 6.54 Å². The Bertz CT molecular complexity index is 288. The van der Waals surface area contributed by atoms with Gasteiger partial charge in [0.05, 0.1) is 0 Å². The van der Waals surface area contributed by atoms with E-state index in [-0.39, 0.29) is 5.54 Å². The molecule has 0 aromatic carbocycles. The lowest BCUT2D eigenvalue weighted by molar-refractivity contribution is 0.433. The van der Waals surface area contributed by atoms with Gasteiger partial charge in [0.25, 0.3) is 0 Å². The Morgan fingerprint density at radius 1 is 1.54 bits per heavy atom. The SMILES string of the molecule is CC1(c2ccc(Cl)nc2)CCCN1. The molecule has 0 amide bonds. The lowest BCUT2D eigenvalue weighted by Crippen LogP contribution is -2.33. The van der Waals surface area contributed by atoms with Gasteiger partial charge in [0.1, 0.15) is 5.15 Å². The molecule has 0 bridgehead atoms. The van der Waals surface area contributed by atoms with Crippen molar-refractivity contribution in [1.29, 1.82) is 0 Å². The number of pyridine rings is 1. The van der Waals surface area contributed by atoms with Crippen LogP contribution in [0.4, 0.5) is 0 Å². The average molecular weight is 197 g/mol. The fourth-order valence-corrected chi connectivity index (χ4v) is 1.96. The van der Waals surface area contributed by atoms with E-state index < -0.39 is 0 Å². The monoisotopic (exact) mass is 196 g/mol. The standard InChI is InChI=1S/C10H13ClN2/c1-10(5-2-6-13-10)8-3-4-9(11)12-7-8/h3-4,7,13H,2,5-6H2,1H3. The summed E-state index contributed by atoms with van der Waals surface area (Å²) in [5.41, 5.74) is 1.34. The highest BCUT2D eigenvalue weighted by Crippen LogP contribution is 2.29. The van der Waals surface area contributed by atoms with E-state index in [4.69, 9.17) is 11.6 Å². The van der Waals surface area contributed by atoms with Crippen molar-refractivity contribution in [3.8, 4) is 0 Å². The van der Waals surface area contributed by atoms with E-state index in [2.05, 4.69) is 17.2 Å². The molecular weight excluding hydrogens is 184 g/mol. The summed E-state index contributed by atoms with van der Waals surface area (Å²) < 4.78 is 0. The zero-order valence-electron chi connectivity index (χ0n) is 7.68. The van der Waals surface area contributed by atoms with Crippen molar-refractivity contribution < 1.29 is 0 Å². The summed E-state index contributed by atoms with van der Waals surface area (Å²) in [5.74, 6) is 0. The van der Waals surface area contributed by atoms with Crippen molar-refractivity contribution in [1.82, 2.24) is 10.3 Å². The van der Waals surface area contributed by atoms with Crippen LogP contribution in [0.15, 0.2) is 18.3 Å². The minimum Gasteiger partial charge on any atom is -0.308 e. The number of nitrogens with one attached hydrogen (secondary N) is 1. The molecule has 1 N–H and O–H groups in total. The third-order valence-corrected chi connectivity index (χ3v) is 2.96. The molecule has 1 unspecified atom stereocenters. The number of hydrogen-bond donors (Lipinski definition) is 1. The topological polar surface area (TPSA) is 24.9 Å². The Balaban J connectivity index is 2.29. The predicted octanol–water partition coefficient (Wildman–Crippen LogP) is 2.33. The van der Waals surface area contributed by atoms with Crippen LogP contribution < -0.4 is 5.32 Å². The summed E-state index contributed by atoms with van der Waals surface area (Å²) in [6.45, 7) is 3.31.